The quantitative estimate of drug-likeness (QED) is 0.694. The second-order valence-corrected chi connectivity index (χ2v) is 5.06. The predicted molar refractivity (Wildman–Crippen MR) is 65.1 cm³/mol. The van der Waals surface area contributed by atoms with Crippen LogP contribution in [0.3, 0.4) is 0 Å². The first-order valence-corrected chi connectivity index (χ1v) is 6.25. The topological polar surface area (TPSA) is 18.5 Å². The summed E-state index contributed by atoms with van der Waals surface area (Å²) in [4.78, 5) is 2.61. The summed E-state index contributed by atoms with van der Waals surface area (Å²) in [5.41, 5.74) is 1.27. The molecule has 0 fully saturated rings. The van der Waals surface area contributed by atoms with Crippen molar-refractivity contribution in [3.8, 4) is 5.75 Å². The molecule has 0 saturated carbocycles. The maximum atomic E-state index is 5.72. The summed E-state index contributed by atoms with van der Waals surface area (Å²) in [6.45, 7) is 10.6. The lowest BCUT2D eigenvalue weighted by Crippen LogP contribution is -2.07. The molecule has 0 aliphatic carbocycles. The summed E-state index contributed by atoms with van der Waals surface area (Å²) in [6.07, 6.45) is 1.07. The third kappa shape index (κ3) is 3.50. The van der Waals surface area contributed by atoms with E-state index in [0.717, 1.165) is 18.8 Å². The summed E-state index contributed by atoms with van der Waals surface area (Å²) in [6, 6.07) is 0. The number of aryl methyl sites for hydroxylation is 2. The molecule has 86 valence electrons. The minimum Gasteiger partial charge on any atom is -0.490 e. The molecule has 0 spiro atoms. The number of hydrogen-bond acceptors (Lipinski definition) is 3. The summed E-state index contributed by atoms with van der Waals surface area (Å²) in [5.74, 6) is 1.05. The molecule has 1 aromatic rings. The van der Waals surface area contributed by atoms with Crippen molar-refractivity contribution >= 4 is 11.3 Å². The number of ether oxygens (including phenoxy) is 2. The number of hydrogen-bond donors (Lipinski definition) is 0. The average Bonchev–Trinajstić information content (AvgIpc) is 2.44. The predicted octanol–water partition coefficient (Wildman–Crippen LogP) is 3.48. The van der Waals surface area contributed by atoms with Gasteiger partial charge in [-0.05, 0) is 27.2 Å². The van der Waals surface area contributed by atoms with Crippen LogP contribution in [0, 0.1) is 20.8 Å². The van der Waals surface area contributed by atoms with Crippen LogP contribution in [0.2, 0.25) is 0 Å². The van der Waals surface area contributed by atoms with Gasteiger partial charge in [0.25, 0.3) is 0 Å². The summed E-state index contributed by atoms with van der Waals surface area (Å²) >= 11 is 1.80. The molecule has 2 nitrogen and oxygen atoms in total. The molecule has 15 heavy (non-hydrogen) atoms. The van der Waals surface area contributed by atoms with Crippen LogP contribution in [-0.4, -0.2) is 19.8 Å². The van der Waals surface area contributed by atoms with Gasteiger partial charge in [0, 0.05) is 21.9 Å². The van der Waals surface area contributed by atoms with Crippen molar-refractivity contribution in [2.45, 2.75) is 34.1 Å². The lowest BCUT2D eigenvalue weighted by Gasteiger charge is -2.07. The average molecular weight is 228 g/mol. The summed E-state index contributed by atoms with van der Waals surface area (Å²) in [7, 11) is 0. The summed E-state index contributed by atoms with van der Waals surface area (Å²) in [5, 5.41) is 0. The van der Waals surface area contributed by atoms with Crippen molar-refractivity contribution < 1.29 is 9.47 Å². The standard InChI is InChI=1S/C12H20O2S/c1-5-6-13-7-8-14-12-9(2)10(3)15-11(12)4/h5-8H2,1-4H3. The Labute approximate surface area is 96.2 Å². The lowest BCUT2D eigenvalue weighted by molar-refractivity contribution is 0.100. The maximum absolute atomic E-state index is 5.72. The number of thiophene rings is 1. The Bertz CT molecular complexity index is 305. The van der Waals surface area contributed by atoms with E-state index in [0.29, 0.717) is 13.2 Å². The Morgan fingerprint density at radius 2 is 1.73 bits per heavy atom. The number of rotatable bonds is 6. The first kappa shape index (κ1) is 12.5. The van der Waals surface area contributed by atoms with Gasteiger partial charge in [-0.2, -0.15) is 0 Å². The fourth-order valence-electron chi connectivity index (χ4n) is 1.44. The fourth-order valence-corrected chi connectivity index (χ4v) is 2.45. The van der Waals surface area contributed by atoms with Gasteiger partial charge in [0.2, 0.25) is 0 Å². The molecule has 0 aliphatic heterocycles. The molecular formula is C12H20O2S. The van der Waals surface area contributed by atoms with Crippen LogP contribution in [0.4, 0.5) is 0 Å². The van der Waals surface area contributed by atoms with Gasteiger partial charge in [-0.1, -0.05) is 6.92 Å². The van der Waals surface area contributed by atoms with Gasteiger partial charge in [-0.15, -0.1) is 11.3 Å². The molecule has 1 rings (SSSR count). The zero-order chi connectivity index (χ0) is 11.3. The van der Waals surface area contributed by atoms with E-state index in [1.54, 1.807) is 11.3 Å². The minimum atomic E-state index is 0.651. The van der Waals surface area contributed by atoms with Gasteiger partial charge in [0.05, 0.1) is 6.61 Å². The molecule has 0 aliphatic rings. The smallest absolute Gasteiger partial charge is 0.136 e. The van der Waals surface area contributed by atoms with E-state index in [4.69, 9.17) is 9.47 Å². The van der Waals surface area contributed by atoms with E-state index in [1.165, 1.54) is 15.3 Å². The lowest BCUT2D eigenvalue weighted by atomic mass is 10.2. The highest BCUT2D eigenvalue weighted by molar-refractivity contribution is 7.12. The molecule has 0 radical (unpaired) electrons. The summed E-state index contributed by atoms with van der Waals surface area (Å²) < 4.78 is 11.1. The first-order valence-electron chi connectivity index (χ1n) is 5.44. The third-order valence-electron chi connectivity index (χ3n) is 2.32. The molecule has 3 heteroatoms. The van der Waals surface area contributed by atoms with Gasteiger partial charge in [-0.3, -0.25) is 0 Å². The van der Waals surface area contributed by atoms with Crippen LogP contribution in [0.1, 0.15) is 28.7 Å². The molecule has 0 saturated heterocycles. The fraction of sp³-hybridized carbons (Fsp3) is 0.667. The Morgan fingerprint density at radius 3 is 2.27 bits per heavy atom. The molecule has 1 aromatic heterocycles. The molecular weight excluding hydrogens is 208 g/mol. The van der Waals surface area contributed by atoms with Crippen LogP contribution in [-0.2, 0) is 4.74 Å². The van der Waals surface area contributed by atoms with E-state index in [-0.39, 0.29) is 0 Å². The van der Waals surface area contributed by atoms with Gasteiger partial charge in [-0.25, -0.2) is 0 Å². The van der Waals surface area contributed by atoms with E-state index in [2.05, 4.69) is 27.7 Å². The molecule has 0 aromatic carbocycles. The van der Waals surface area contributed by atoms with Crippen molar-refractivity contribution in [3.63, 3.8) is 0 Å². The van der Waals surface area contributed by atoms with Crippen molar-refractivity contribution in [2.24, 2.45) is 0 Å². The first-order chi connectivity index (χ1) is 7.16. The SMILES string of the molecule is CCCOCCOc1c(C)sc(C)c1C. The Kier molecular flexibility index (Phi) is 5.12. The second kappa shape index (κ2) is 6.13. The van der Waals surface area contributed by atoms with Gasteiger partial charge in [0.1, 0.15) is 12.4 Å². The molecule has 0 atom stereocenters. The normalized spacial score (nSPS) is 10.7. The molecule has 0 bridgehead atoms. The van der Waals surface area contributed by atoms with E-state index in [9.17, 15) is 0 Å². The highest BCUT2D eigenvalue weighted by Gasteiger charge is 2.09. The highest BCUT2D eigenvalue weighted by Crippen LogP contribution is 2.33. The molecule has 0 unspecified atom stereocenters. The van der Waals surface area contributed by atoms with Crippen molar-refractivity contribution in [1.82, 2.24) is 0 Å². The highest BCUT2D eigenvalue weighted by atomic mass is 32.1. The van der Waals surface area contributed by atoms with Crippen LogP contribution in [0.25, 0.3) is 0 Å². The minimum absolute atomic E-state index is 0.651. The van der Waals surface area contributed by atoms with E-state index in [1.807, 2.05) is 0 Å². The molecule has 1 heterocycles. The van der Waals surface area contributed by atoms with Crippen LogP contribution in [0.5, 0.6) is 5.75 Å². The van der Waals surface area contributed by atoms with E-state index < -0.39 is 0 Å². The zero-order valence-electron chi connectivity index (χ0n) is 10.1. The largest absolute Gasteiger partial charge is 0.490 e. The van der Waals surface area contributed by atoms with Gasteiger partial charge >= 0.3 is 0 Å². The van der Waals surface area contributed by atoms with Crippen molar-refractivity contribution in [2.75, 3.05) is 19.8 Å². The Morgan fingerprint density at radius 1 is 1.00 bits per heavy atom. The monoisotopic (exact) mass is 228 g/mol. The van der Waals surface area contributed by atoms with Gasteiger partial charge in [0.15, 0.2) is 0 Å². The van der Waals surface area contributed by atoms with Crippen LogP contribution in [0.15, 0.2) is 0 Å². The molecule has 0 N–H and O–H groups in total. The molecule has 0 amide bonds. The van der Waals surface area contributed by atoms with Crippen LogP contribution < -0.4 is 4.74 Å². The van der Waals surface area contributed by atoms with Crippen LogP contribution >= 0.6 is 11.3 Å². The Hall–Kier alpha value is -0.540. The third-order valence-corrected chi connectivity index (χ3v) is 3.42. The maximum Gasteiger partial charge on any atom is 0.136 e. The van der Waals surface area contributed by atoms with E-state index >= 15 is 0 Å². The Balaban J connectivity index is 2.37. The van der Waals surface area contributed by atoms with Crippen molar-refractivity contribution in [1.29, 1.82) is 0 Å². The van der Waals surface area contributed by atoms with Crippen molar-refractivity contribution in [3.05, 3.63) is 15.3 Å². The second-order valence-electron chi connectivity index (χ2n) is 3.63. The zero-order valence-corrected chi connectivity index (χ0v) is 10.9. The van der Waals surface area contributed by atoms with Gasteiger partial charge < -0.3 is 9.47 Å².